The van der Waals surface area contributed by atoms with E-state index in [0.29, 0.717) is 16.1 Å². The molecule has 0 spiro atoms. The zero-order chi connectivity index (χ0) is 15.0. The van der Waals surface area contributed by atoms with Gasteiger partial charge in [-0.05, 0) is 43.2 Å². The minimum atomic E-state index is -4.32. The highest BCUT2D eigenvalue weighted by atomic mass is 79.9. The normalized spacial score (nSPS) is 15.4. The number of hydrogen-bond donors (Lipinski definition) is 1. The van der Waals surface area contributed by atoms with E-state index in [-0.39, 0.29) is 0 Å². The standard InChI is InChI=1S/C15H13BrF3NS/c16-13-5-1-9(15(17,18)19)7-12(13)14-6-4-11(21-14)8-20-10-2-3-10/h1,4-7,10,20H,2-3,8H2. The highest BCUT2D eigenvalue weighted by Gasteiger charge is 2.31. The summed E-state index contributed by atoms with van der Waals surface area (Å²) in [6.07, 6.45) is -1.88. The van der Waals surface area contributed by atoms with Crippen LogP contribution in [0, 0.1) is 0 Å². The minimum Gasteiger partial charge on any atom is -0.309 e. The van der Waals surface area contributed by atoms with Crippen molar-refractivity contribution >= 4 is 27.3 Å². The van der Waals surface area contributed by atoms with Crippen LogP contribution in [0.2, 0.25) is 0 Å². The van der Waals surface area contributed by atoms with E-state index < -0.39 is 11.7 Å². The number of thiophene rings is 1. The van der Waals surface area contributed by atoms with Crippen molar-refractivity contribution in [3.8, 4) is 10.4 Å². The van der Waals surface area contributed by atoms with Gasteiger partial charge in [0.2, 0.25) is 0 Å². The first-order valence-corrected chi connectivity index (χ1v) is 8.23. The lowest BCUT2D eigenvalue weighted by Gasteiger charge is -2.09. The number of halogens is 4. The van der Waals surface area contributed by atoms with E-state index >= 15 is 0 Å². The second-order valence-corrected chi connectivity index (χ2v) is 7.14. The molecule has 2 aromatic rings. The lowest BCUT2D eigenvalue weighted by molar-refractivity contribution is -0.137. The number of benzene rings is 1. The molecule has 0 atom stereocenters. The van der Waals surface area contributed by atoms with Crippen LogP contribution in [0.5, 0.6) is 0 Å². The Balaban J connectivity index is 1.84. The molecular weight excluding hydrogens is 363 g/mol. The Morgan fingerprint density at radius 2 is 1.95 bits per heavy atom. The molecule has 3 rings (SSSR count). The molecule has 1 aliphatic carbocycles. The zero-order valence-corrected chi connectivity index (χ0v) is 13.4. The first-order chi connectivity index (χ1) is 9.93. The van der Waals surface area contributed by atoms with Crippen LogP contribution >= 0.6 is 27.3 Å². The maximum atomic E-state index is 12.8. The van der Waals surface area contributed by atoms with E-state index in [1.54, 1.807) is 0 Å². The molecule has 1 aromatic carbocycles. The second-order valence-electron chi connectivity index (χ2n) is 5.11. The third-order valence-electron chi connectivity index (χ3n) is 3.36. The molecule has 0 aliphatic heterocycles. The van der Waals surface area contributed by atoms with Gasteiger partial charge < -0.3 is 5.32 Å². The van der Waals surface area contributed by atoms with Gasteiger partial charge in [0.15, 0.2) is 0 Å². The van der Waals surface area contributed by atoms with Gasteiger partial charge in [0.1, 0.15) is 0 Å². The van der Waals surface area contributed by atoms with Crippen molar-refractivity contribution in [1.29, 1.82) is 0 Å². The Labute approximate surface area is 133 Å². The zero-order valence-electron chi connectivity index (χ0n) is 11.0. The molecule has 0 saturated heterocycles. The van der Waals surface area contributed by atoms with Crippen molar-refractivity contribution in [2.75, 3.05) is 0 Å². The van der Waals surface area contributed by atoms with Crippen molar-refractivity contribution in [2.45, 2.75) is 31.6 Å². The Bertz CT molecular complexity index is 647. The van der Waals surface area contributed by atoms with Crippen LogP contribution in [0.1, 0.15) is 23.3 Å². The average molecular weight is 376 g/mol. The third kappa shape index (κ3) is 3.67. The summed E-state index contributed by atoms with van der Waals surface area (Å²) in [6.45, 7) is 0.784. The van der Waals surface area contributed by atoms with Gasteiger partial charge in [0, 0.05) is 32.4 Å². The van der Waals surface area contributed by atoms with Crippen LogP contribution in [0.3, 0.4) is 0 Å². The van der Waals surface area contributed by atoms with Crippen LogP contribution in [-0.4, -0.2) is 6.04 Å². The van der Waals surface area contributed by atoms with E-state index in [4.69, 9.17) is 0 Å². The van der Waals surface area contributed by atoms with Crippen molar-refractivity contribution < 1.29 is 13.2 Å². The lowest BCUT2D eigenvalue weighted by atomic mass is 10.1. The van der Waals surface area contributed by atoms with Gasteiger partial charge in [0.25, 0.3) is 0 Å². The predicted molar refractivity (Wildman–Crippen MR) is 82.3 cm³/mol. The monoisotopic (exact) mass is 375 g/mol. The molecule has 112 valence electrons. The molecule has 0 radical (unpaired) electrons. The van der Waals surface area contributed by atoms with Gasteiger partial charge in [-0.3, -0.25) is 0 Å². The summed E-state index contributed by atoms with van der Waals surface area (Å²) in [5.41, 5.74) is -0.0285. The number of rotatable bonds is 4. The summed E-state index contributed by atoms with van der Waals surface area (Å²) in [4.78, 5) is 1.99. The first-order valence-electron chi connectivity index (χ1n) is 6.63. The van der Waals surface area contributed by atoms with Gasteiger partial charge in [0.05, 0.1) is 5.56 Å². The van der Waals surface area contributed by atoms with Crippen LogP contribution in [-0.2, 0) is 12.7 Å². The summed E-state index contributed by atoms with van der Waals surface area (Å²) in [5, 5.41) is 3.41. The number of nitrogens with one attached hydrogen (secondary N) is 1. The molecule has 1 heterocycles. The third-order valence-corrected chi connectivity index (χ3v) is 5.17. The van der Waals surface area contributed by atoms with E-state index in [2.05, 4.69) is 21.2 Å². The lowest BCUT2D eigenvalue weighted by Crippen LogP contribution is -2.14. The molecule has 0 bridgehead atoms. The maximum Gasteiger partial charge on any atom is 0.416 e. The predicted octanol–water partition coefficient (Wildman–Crippen LogP) is 5.45. The highest BCUT2D eigenvalue weighted by molar-refractivity contribution is 9.10. The van der Waals surface area contributed by atoms with Crippen molar-refractivity contribution in [3.63, 3.8) is 0 Å². The van der Waals surface area contributed by atoms with Crippen LogP contribution < -0.4 is 5.32 Å². The van der Waals surface area contributed by atoms with Gasteiger partial charge in [-0.25, -0.2) is 0 Å². The van der Waals surface area contributed by atoms with Crippen molar-refractivity contribution in [1.82, 2.24) is 5.32 Å². The molecule has 1 aliphatic rings. The van der Waals surface area contributed by atoms with E-state index in [9.17, 15) is 13.2 Å². The Kier molecular flexibility index (Phi) is 4.12. The topological polar surface area (TPSA) is 12.0 Å². The average Bonchev–Trinajstić information content (AvgIpc) is 3.13. The Morgan fingerprint density at radius 3 is 2.62 bits per heavy atom. The number of alkyl halides is 3. The summed E-state index contributed by atoms with van der Waals surface area (Å²) in [6, 6.07) is 8.23. The van der Waals surface area contributed by atoms with Gasteiger partial charge in [-0.15, -0.1) is 11.3 Å². The maximum absolute atomic E-state index is 12.8. The fourth-order valence-corrected chi connectivity index (χ4v) is 3.62. The summed E-state index contributed by atoms with van der Waals surface area (Å²) in [5.74, 6) is 0. The summed E-state index contributed by atoms with van der Waals surface area (Å²) in [7, 11) is 0. The minimum absolute atomic E-state index is 0.590. The van der Waals surface area contributed by atoms with Crippen LogP contribution in [0.15, 0.2) is 34.8 Å². The smallest absolute Gasteiger partial charge is 0.309 e. The molecule has 6 heteroatoms. The highest BCUT2D eigenvalue weighted by Crippen LogP contribution is 2.38. The Morgan fingerprint density at radius 1 is 1.19 bits per heavy atom. The number of hydrogen-bond acceptors (Lipinski definition) is 2. The Hall–Kier alpha value is -0.850. The van der Waals surface area contributed by atoms with Crippen LogP contribution in [0.25, 0.3) is 10.4 Å². The summed E-state index contributed by atoms with van der Waals surface area (Å²) >= 11 is 4.87. The molecule has 1 saturated carbocycles. The fraction of sp³-hybridized carbons (Fsp3) is 0.333. The molecule has 1 fully saturated rings. The van der Waals surface area contributed by atoms with Crippen molar-refractivity contribution in [3.05, 3.63) is 45.2 Å². The molecule has 1 aromatic heterocycles. The molecule has 1 N–H and O–H groups in total. The van der Waals surface area contributed by atoms with E-state index in [0.717, 1.165) is 22.4 Å². The quantitative estimate of drug-likeness (QED) is 0.749. The van der Waals surface area contributed by atoms with E-state index in [1.807, 2.05) is 12.1 Å². The molecule has 21 heavy (non-hydrogen) atoms. The van der Waals surface area contributed by atoms with Gasteiger partial charge in [-0.2, -0.15) is 13.2 Å². The molecule has 0 unspecified atom stereocenters. The van der Waals surface area contributed by atoms with Gasteiger partial charge >= 0.3 is 6.18 Å². The van der Waals surface area contributed by atoms with Crippen LogP contribution in [0.4, 0.5) is 13.2 Å². The van der Waals surface area contributed by atoms with E-state index in [1.165, 1.54) is 36.3 Å². The van der Waals surface area contributed by atoms with Crippen molar-refractivity contribution in [2.24, 2.45) is 0 Å². The first kappa shape index (κ1) is 15.1. The summed E-state index contributed by atoms with van der Waals surface area (Å²) < 4.78 is 39.1. The largest absolute Gasteiger partial charge is 0.416 e. The molecule has 1 nitrogen and oxygen atoms in total. The SMILES string of the molecule is FC(F)(F)c1ccc(Br)c(-c2ccc(CNC3CC3)s2)c1. The fourth-order valence-electron chi connectivity index (χ4n) is 2.04. The second kappa shape index (κ2) is 5.74. The van der Waals surface area contributed by atoms with Gasteiger partial charge in [-0.1, -0.05) is 15.9 Å². The molecule has 0 amide bonds. The molecular formula is C15H13BrF3NS.